The van der Waals surface area contributed by atoms with Crippen LogP contribution in [0.15, 0.2) is 18.2 Å². The van der Waals surface area contributed by atoms with Crippen molar-refractivity contribution in [3.8, 4) is 0 Å². The molecule has 1 rings (SSSR count). The number of carbonyl (C=O) groups excluding carboxylic acids is 1. The average molecular weight is 270 g/mol. The summed E-state index contributed by atoms with van der Waals surface area (Å²) in [4.78, 5) is 11.4. The Kier molecular flexibility index (Phi) is 5.27. The number of urea groups is 1. The van der Waals surface area contributed by atoms with Crippen LogP contribution in [0.1, 0.15) is 26.3 Å². The summed E-state index contributed by atoms with van der Waals surface area (Å²) in [6.45, 7) is 6.84. The molecule has 1 aromatic rings. The van der Waals surface area contributed by atoms with E-state index in [1.54, 1.807) is 0 Å². The zero-order chi connectivity index (χ0) is 14.5. The largest absolute Gasteiger partial charge is 0.338 e. The molecule has 2 amide bonds. The van der Waals surface area contributed by atoms with E-state index in [2.05, 4.69) is 10.6 Å². The summed E-state index contributed by atoms with van der Waals surface area (Å²) in [5.41, 5.74) is 0.266. The van der Waals surface area contributed by atoms with Crippen LogP contribution in [0.4, 0.5) is 13.6 Å². The van der Waals surface area contributed by atoms with E-state index in [0.717, 1.165) is 18.2 Å². The Morgan fingerprint density at radius 2 is 1.89 bits per heavy atom. The summed E-state index contributed by atoms with van der Waals surface area (Å²) in [5, 5.41) is 5.33. The molecule has 0 saturated carbocycles. The average Bonchev–Trinajstić information content (AvgIpc) is 2.30. The lowest BCUT2D eigenvalue weighted by atomic mass is 9.97. The summed E-state index contributed by atoms with van der Waals surface area (Å²) >= 11 is 0. The number of nitrogens with one attached hydrogen (secondary N) is 2. The standard InChI is InChI=1S/C14H20F2N2O/c1-14(2,3)9-18-13(19)17-7-6-10-8-11(15)4-5-12(10)16/h4-5,8H,6-7,9H2,1-3H3,(H2,17,18,19). The Bertz CT molecular complexity index is 442. The van der Waals surface area contributed by atoms with Crippen LogP contribution in [0.3, 0.4) is 0 Å². The SMILES string of the molecule is CC(C)(C)CNC(=O)NCCc1cc(F)ccc1F. The fourth-order valence-electron chi connectivity index (χ4n) is 1.45. The summed E-state index contributed by atoms with van der Waals surface area (Å²) < 4.78 is 26.2. The van der Waals surface area contributed by atoms with Gasteiger partial charge in [0.2, 0.25) is 0 Å². The maximum absolute atomic E-state index is 13.3. The lowest BCUT2D eigenvalue weighted by molar-refractivity contribution is 0.235. The highest BCUT2D eigenvalue weighted by atomic mass is 19.1. The molecule has 0 unspecified atom stereocenters. The van der Waals surface area contributed by atoms with Crippen LogP contribution in [-0.4, -0.2) is 19.1 Å². The first-order chi connectivity index (χ1) is 8.78. The molecule has 0 radical (unpaired) electrons. The fraction of sp³-hybridized carbons (Fsp3) is 0.500. The molecule has 0 spiro atoms. The molecule has 106 valence electrons. The van der Waals surface area contributed by atoms with Gasteiger partial charge < -0.3 is 10.6 Å². The summed E-state index contributed by atoms with van der Waals surface area (Å²) in [7, 11) is 0. The van der Waals surface area contributed by atoms with E-state index in [4.69, 9.17) is 0 Å². The molecule has 0 saturated heterocycles. The van der Waals surface area contributed by atoms with Crippen molar-refractivity contribution in [3.05, 3.63) is 35.4 Å². The summed E-state index contributed by atoms with van der Waals surface area (Å²) in [5.74, 6) is -0.938. The number of halogens is 2. The predicted octanol–water partition coefficient (Wildman–Crippen LogP) is 2.85. The van der Waals surface area contributed by atoms with Crippen LogP contribution in [0.2, 0.25) is 0 Å². The van der Waals surface area contributed by atoms with Crippen molar-refractivity contribution < 1.29 is 13.6 Å². The number of amides is 2. The highest BCUT2D eigenvalue weighted by Gasteiger charge is 2.11. The predicted molar refractivity (Wildman–Crippen MR) is 70.9 cm³/mol. The first-order valence-electron chi connectivity index (χ1n) is 6.23. The van der Waals surface area contributed by atoms with E-state index >= 15 is 0 Å². The molecule has 0 fully saturated rings. The van der Waals surface area contributed by atoms with E-state index < -0.39 is 11.6 Å². The molecule has 0 aliphatic carbocycles. The van der Waals surface area contributed by atoms with Crippen LogP contribution in [0.25, 0.3) is 0 Å². The van der Waals surface area contributed by atoms with Gasteiger partial charge in [0.05, 0.1) is 0 Å². The summed E-state index contributed by atoms with van der Waals surface area (Å²) in [6, 6.07) is 3.00. The number of carbonyl (C=O) groups is 1. The van der Waals surface area contributed by atoms with E-state index in [-0.39, 0.29) is 30.0 Å². The second-order valence-corrected chi connectivity index (χ2v) is 5.66. The minimum absolute atomic E-state index is 0.00596. The molecule has 1 aromatic carbocycles. The van der Waals surface area contributed by atoms with Crippen molar-refractivity contribution in [2.24, 2.45) is 5.41 Å². The lowest BCUT2D eigenvalue weighted by Crippen LogP contribution is -2.40. The fourth-order valence-corrected chi connectivity index (χ4v) is 1.45. The smallest absolute Gasteiger partial charge is 0.314 e. The Labute approximate surface area is 112 Å². The lowest BCUT2D eigenvalue weighted by Gasteiger charge is -2.18. The van der Waals surface area contributed by atoms with E-state index in [1.807, 2.05) is 20.8 Å². The Morgan fingerprint density at radius 3 is 2.53 bits per heavy atom. The molecule has 0 aliphatic heterocycles. The topological polar surface area (TPSA) is 41.1 Å². The van der Waals surface area contributed by atoms with Crippen LogP contribution in [0.5, 0.6) is 0 Å². The molecule has 0 heterocycles. The first-order valence-corrected chi connectivity index (χ1v) is 6.23. The van der Waals surface area contributed by atoms with Crippen molar-refractivity contribution in [1.82, 2.24) is 10.6 Å². The normalized spacial score (nSPS) is 11.2. The number of rotatable bonds is 4. The Morgan fingerprint density at radius 1 is 1.21 bits per heavy atom. The molecule has 5 heteroatoms. The minimum atomic E-state index is -0.478. The van der Waals surface area contributed by atoms with Crippen LogP contribution >= 0.6 is 0 Å². The maximum atomic E-state index is 13.3. The van der Waals surface area contributed by atoms with Gasteiger partial charge in [0.25, 0.3) is 0 Å². The van der Waals surface area contributed by atoms with Gasteiger partial charge in [-0.05, 0) is 35.6 Å². The van der Waals surface area contributed by atoms with E-state index in [0.29, 0.717) is 6.54 Å². The third-order valence-corrected chi connectivity index (χ3v) is 2.47. The Balaban J connectivity index is 2.34. The van der Waals surface area contributed by atoms with Crippen molar-refractivity contribution in [1.29, 1.82) is 0 Å². The molecule has 0 aliphatic rings. The maximum Gasteiger partial charge on any atom is 0.314 e. The molecular weight excluding hydrogens is 250 g/mol. The van der Waals surface area contributed by atoms with Crippen molar-refractivity contribution in [2.75, 3.05) is 13.1 Å². The van der Waals surface area contributed by atoms with Crippen LogP contribution in [-0.2, 0) is 6.42 Å². The van der Waals surface area contributed by atoms with E-state index in [1.165, 1.54) is 0 Å². The van der Waals surface area contributed by atoms with Gasteiger partial charge in [-0.25, -0.2) is 13.6 Å². The molecule has 0 aromatic heterocycles. The van der Waals surface area contributed by atoms with Crippen molar-refractivity contribution in [3.63, 3.8) is 0 Å². The third-order valence-electron chi connectivity index (χ3n) is 2.47. The van der Waals surface area contributed by atoms with Gasteiger partial charge in [-0.3, -0.25) is 0 Å². The Hall–Kier alpha value is -1.65. The first kappa shape index (κ1) is 15.4. The minimum Gasteiger partial charge on any atom is -0.338 e. The number of hydrogen-bond acceptors (Lipinski definition) is 1. The highest BCUT2D eigenvalue weighted by Crippen LogP contribution is 2.10. The van der Waals surface area contributed by atoms with Crippen molar-refractivity contribution in [2.45, 2.75) is 27.2 Å². The zero-order valence-corrected chi connectivity index (χ0v) is 11.5. The second kappa shape index (κ2) is 6.50. The second-order valence-electron chi connectivity index (χ2n) is 5.66. The van der Waals surface area contributed by atoms with Gasteiger partial charge in [0, 0.05) is 13.1 Å². The van der Waals surface area contributed by atoms with Crippen molar-refractivity contribution >= 4 is 6.03 Å². The quantitative estimate of drug-likeness (QED) is 0.868. The molecule has 3 nitrogen and oxygen atoms in total. The van der Waals surface area contributed by atoms with Gasteiger partial charge in [0.15, 0.2) is 0 Å². The van der Waals surface area contributed by atoms with Gasteiger partial charge in [0.1, 0.15) is 11.6 Å². The molecule has 0 bridgehead atoms. The molecule has 0 atom stereocenters. The molecule has 19 heavy (non-hydrogen) atoms. The number of hydrogen-bond donors (Lipinski definition) is 2. The summed E-state index contributed by atoms with van der Waals surface area (Å²) in [6.07, 6.45) is 0.256. The monoisotopic (exact) mass is 270 g/mol. The van der Waals surface area contributed by atoms with Crippen LogP contribution < -0.4 is 10.6 Å². The molecule has 2 N–H and O–H groups in total. The van der Waals surface area contributed by atoms with E-state index in [9.17, 15) is 13.6 Å². The van der Waals surface area contributed by atoms with Crippen LogP contribution in [0, 0.1) is 17.0 Å². The third kappa shape index (κ3) is 6.18. The van der Waals surface area contributed by atoms with Gasteiger partial charge in [-0.2, -0.15) is 0 Å². The number of benzene rings is 1. The zero-order valence-electron chi connectivity index (χ0n) is 11.5. The van der Waals surface area contributed by atoms with Gasteiger partial charge in [-0.1, -0.05) is 20.8 Å². The van der Waals surface area contributed by atoms with Gasteiger partial charge in [-0.15, -0.1) is 0 Å². The highest BCUT2D eigenvalue weighted by molar-refractivity contribution is 5.73. The molecular formula is C14H20F2N2O. The van der Waals surface area contributed by atoms with Gasteiger partial charge >= 0.3 is 6.03 Å².